The van der Waals surface area contributed by atoms with Crippen LogP contribution in [0.25, 0.3) is 0 Å². The topological polar surface area (TPSA) is 49.4 Å². The van der Waals surface area contributed by atoms with Gasteiger partial charge in [-0.05, 0) is 61.9 Å². The third kappa shape index (κ3) is 6.41. The van der Waals surface area contributed by atoms with Gasteiger partial charge < -0.3 is 10.2 Å². The number of hydrogen-bond donors (Lipinski definition) is 1. The van der Waals surface area contributed by atoms with E-state index in [4.69, 9.17) is 0 Å². The highest BCUT2D eigenvalue weighted by atomic mass is 19.1. The lowest BCUT2D eigenvalue weighted by molar-refractivity contribution is -0.141. The number of nitrogens with zero attached hydrogens (tertiary/aromatic N) is 1. The predicted molar refractivity (Wildman–Crippen MR) is 126 cm³/mol. The largest absolute Gasteiger partial charge is 0.352 e. The van der Waals surface area contributed by atoms with Gasteiger partial charge in [0.05, 0.1) is 6.42 Å². The summed E-state index contributed by atoms with van der Waals surface area (Å²) in [6, 6.07) is 11.9. The Labute approximate surface area is 191 Å². The molecule has 172 valence electrons. The minimum Gasteiger partial charge on any atom is -0.352 e. The van der Waals surface area contributed by atoms with Gasteiger partial charge >= 0.3 is 0 Å². The molecular formula is C27H35FN2O2. The quantitative estimate of drug-likeness (QED) is 0.613. The van der Waals surface area contributed by atoms with E-state index >= 15 is 0 Å². The van der Waals surface area contributed by atoms with Crippen molar-refractivity contribution in [3.8, 4) is 0 Å². The highest BCUT2D eigenvalue weighted by Gasteiger charge is 2.30. The first-order valence-electron chi connectivity index (χ1n) is 11.8. The first-order chi connectivity index (χ1) is 15.4. The molecule has 1 aliphatic rings. The van der Waals surface area contributed by atoms with Crippen molar-refractivity contribution < 1.29 is 14.0 Å². The average Bonchev–Trinajstić information content (AvgIpc) is 2.78. The van der Waals surface area contributed by atoms with Gasteiger partial charge in [0.25, 0.3) is 0 Å². The van der Waals surface area contributed by atoms with Crippen molar-refractivity contribution >= 4 is 11.8 Å². The molecule has 3 rings (SSSR count). The lowest BCUT2D eigenvalue weighted by Crippen LogP contribution is -2.52. The maximum Gasteiger partial charge on any atom is 0.243 e. The SMILES string of the molecule is CC[C@H](C(=O)NC1CCCCC1)N(Cc1ccc(F)cc1)C(=O)Cc1cc(C)ccc1C. The summed E-state index contributed by atoms with van der Waals surface area (Å²) in [5, 5.41) is 3.19. The maximum absolute atomic E-state index is 13.5. The van der Waals surface area contributed by atoms with Crippen LogP contribution in [0, 0.1) is 19.7 Å². The Morgan fingerprint density at radius 3 is 2.41 bits per heavy atom. The van der Waals surface area contributed by atoms with Crippen LogP contribution in [0.15, 0.2) is 42.5 Å². The van der Waals surface area contributed by atoms with Crippen LogP contribution in [0.3, 0.4) is 0 Å². The molecule has 1 N–H and O–H groups in total. The van der Waals surface area contributed by atoms with Crippen LogP contribution < -0.4 is 5.32 Å². The second-order valence-electron chi connectivity index (χ2n) is 9.02. The van der Waals surface area contributed by atoms with Crippen LogP contribution >= 0.6 is 0 Å². The number of hydrogen-bond acceptors (Lipinski definition) is 2. The van der Waals surface area contributed by atoms with E-state index in [0.29, 0.717) is 6.42 Å². The van der Waals surface area contributed by atoms with E-state index in [1.165, 1.54) is 18.6 Å². The fourth-order valence-electron chi connectivity index (χ4n) is 4.51. The van der Waals surface area contributed by atoms with Crippen LogP contribution in [-0.4, -0.2) is 28.8 Å². The van der Waals surface area contributed by atoms with Gasteiger partial charge in [0.1, 0.15) is 11.9 Å². The fourth-order valence-corrected chi connectivity index (χ4v) is 4.51. The lowest BCUT2D eigenvalue weighted by Gasteiger charge is -2.33. The van der Waals surface area contributed by atoms with Crippen molar-refractivity contribution in [3.63, 3.8) is 0 Å². The van der Waals surface area contributed by atoms with Gasteiger partial charge in [0.2, 0.25) is 11.8 Å². The molecule has 0 bridgehead atoms. The molecule has 0 radical (unpaired) electrons. The number of amides is 2. The van der Waals surface area contributed by atoms with E-state index in [1.54, 1.807) is 17.0 Å². The fraction of sp³-hybridized carbons (Fsp3) is 0.481. The Morgan fingerprint density at radius 2 is 1.75 bits per heavy atom. The summed E-state index contributed by atoms with van der Waals surface area (Å²) < 4.78 is 13.4. The molecule has 0 heterocycles. The molecule has 32 heavy (non-hydrogen) atoms. The Hall–Kier alpha value is -2.69. The van der Waals surface area contributed by atoms with Crippen LogP contribution in [0.5, 0.6) is 0 Å². The van der Waals surface area contributed by atoms with Gasteiger partial charge in [-0.3, -0.25) is 9.59 Å². The third-order valence-electron chi connectivity index (χ3n) is 6.45. The molecule has 1 saturated carbocycles. The molecule has 2 aromatic rings. The zero-order chi connectivity index (χ0) is 23.1. The van der Waals surface area contributed by atoms with Gasteiger partial charge in [-0.2, -0.15) is 0 Å². The summed E-state index contributed by atoms with van der Waals surface area (Å²) in [7, 11) is 0. The smallest absolute Gasteiger partial charge is 0.243 e. The molecule has 0 spiro atoms. The van der Waals surface area contributed by atoms with E-state index in [1.807, 2.05) is 39.0 Å². The summed E-state index contributed by atoms with van der Waals surface area (Å²) in [6.45, 7) is 6.23. The number of carbonyl (C=O) groups is 2. The van der Waals surface area contributed by atoms with Crippen LogP contribution in [-0.2, 0) is 22.6 Å². The summed E-state index contributed by atoms with van der Waals surface area (Å²) >= 11 is 0. The molecule has 0 aromatic heterocycles. The number of benzene rings is 2. The van der Waals surface area contributed by atoms with Gasteiger partial charge in [-0.25, -0.2) is 4.39 Å². The molecule has 0 aliphatic heterocycles. The Kier molecular flexibility index (Phi) is 8.43. The molecule has 5 heteroatoms. The van der Waals surface area contributed by atoms with E-state index in [2.05, 4.69) is 5.32 Å². The van der Waals surface area contributed by atoms with Gasteiger partial charge in [0.15, 0.2) is 0 Å². The second-order valence-corrected chi connectivity index (χ2v) is 9.02. The second kappa shape index (κ2) is 11.3. The monoisotopic (exact) mass is 438 g/mol. The van der Waals surface area contributed by atoms with E-state index in [9.17, 15) is 14.0 Å². The molecule has 2 amide bonds. The van der Waals surface area contributed by atoms with E-state index < -0.39 is 6.04 Å². The van der Waals surface area contributed by atoms with Gasteiger partial charge in [0, 0.05) is 12.6 Å². The van der Waals surface area contributed by atoms with Gasteiger partial charge in [-0.15, -0.1) is 0 Å². The van der Waals surface area contributed by atoms with Crippen LogP contribution in [0.1, 0.15) is 67.7 Å². The Bertz CT molecular complexity index is 920. The van der Waals surface area contributed by atoms with Crippen molar-refractivity contribution in [2.45, 2.75) is 84.3 Å². The lowest BCUT2D eigenvalue weighted by atomic mass is 9.95. The van der Waals surface area contributed by atoms with Crippen molar-refractivity contribution in [2.24, 2.45) is 0 Å². The number of halogens is 1. The maximum atomic E-state index is 13.5. The first kappa shape index (κ1) is 24.0. The molecule has 4 nitrogen and oxygen atoms in total. The average molecular weight is 439 g/mol. The molecule has 0 saturated heterocycles. The predicted octanol–water partition coefficient (Wildman–Crippen LogP) is 5.24. The summed E-state index contributed by atoms with van der Waals surface area (Å²) in [6.07, 6.45) is 6.24. The molecule has 2 aromatic carbocycles. The summed E-state index contributed by atoms with van der Waals surface area (Å²) in [5.41, 5.74) is 3.95. The molecule has 1 fully saturated rings. The Morgan fingerprint density at radius 1 is 1.06 bits per heavy atom. The van der Waals surface area contributed by atoms with Crippen molar-refractivity contribution in [3.05, 3.63) is 70.5 Å². The summed E-state index contributed by atoms with van der Waals surface area (Å²) in [5.74, 6) is -0.492. The molecule has 0 unspecified atom stereocenters. The minimum absolute atomic E-state index is 0.0872. The zero-order valence-electron chi connectivity index (χ0n) is 19.5. The Balaban J connectivity index is 1.83. The highest BCUT2D eigenvalue weighted by Crippen LogP contribution is 2.20. The van der Waals surface area contributed by atoms with Crippen molar-refractivity contribution in [2.75, 3.05) is 0 Å². The third-order valence-corrected chi connectivity index (χ3v) is 6.45. The van der Waals surface area contributed by atoms with E-state index in [-0.39, 0.29) is 36.6 Å². The van der Waals surface area contributed by atoms with Crippen LogP contribution in [0.4, 0.5) is 4.39 Å². The molecule has 1 aliphatic carbocycles. The zero-order valence-corrected chi connectivity index (χ0v) is 19.5. The number of carbonyl (C=O) groups excluding carboxylic acids is 2. The van der Waals surface area contributed by atoms with Crippen molar-refractivity contribution in [1.29, 1.82) is 0 Å². The minimum atomic E-state index is -0.556. The highest BCUT2D eigenvalue weighted by molar-refractivity contribution is 5.88. The molecule has 1 atom stereocenters. The number of nitrogens with one attached hydrogen (secondary N) is 1. The van der Waals surface area contributed by atoms with Crippen LogP contribution in [0.2, 0.25) is 0 Å². The van der Waals surface area contributed by atoms with E-state index in [0.717, 1.165) is 47.9 Å². The van der Waals surface area contributed by atoms with Crippen molar-refractivity contribution in [1.82, 2.24) is 10.2 Å². The summed E-state index contributed by atoms with van der Waals surface area (Å²) in [4.78, 5) is 28.4. The van der Waals surface area contributed by atoms with Gasteiger partial charge in [-0.1, -0.05) is 62.1 Å². The standard InChI is InChI=1S/C27H35FN2O2/c1-4-25(27(32)29-24-8-6-5-7-9-24)30(18-21-12-14-23(28)15-13-21)26(31)17-22-16-19(2)10-11-20(22)3/h10-16,24-25H,4-9,17-18H2,1-3H3,(H,29,32)/t25-/m1/s1. The molecular weight excluding hydrogens is 403 g/mol. The number of aryl methyl sites for hydroxylation is 2. The first-order valence-corrected chi connectivity index (χ1v) is 11.8. The normalized spacial score (nSPS) is 15.2. The number of rotatable bonds is 8.